The molecule has 1 atom stereocenters. The Kier molecular flexibility index (Phi) is 5.87. The molecular weight excluding hydrogens is 368 g/mol. The highest BCUT2D eigenvalue weighted by Crippen LogP contribution is 2.39. The van der Waals surface area contributed by atoms with E-state index in [1.54, 1.807) is 19.2 Å². The molecule has 26 heavy (non-hydrogen) atoms. The van der Waals surface area contributed by atoms with Gasteiger partial charge in [-0.1, -0.05) is 48.0 Å². The van der Waals surface area contributed by atoms with E-state index < -0.39 is 0 Å². The number of hydrogen-bond acceptors (Lipinski definition) is 4. The van der Waals surface area contributed by atoms with Gasteiger partial charge in [-0.05, 0) is 23.3 Å². The molecule has 1 heterocycles. The number of thioether (sulfide) groups is 1. The van der Waals surface area contributed by atoms with Gasteiger partial charge >= 0.3 is 0 Å². The molecule has 0 unspecified atom stereocenters. The first-order valence-electron chi connectivity index (χ1n) is 8.06. The Labute approximate surface area is 161 Å². The zero-order valence-electron chi connectivity index (χ0n) is 14.2. The first kappa shape index (κ1) is 18.4. The second kappa shape index (κ2) is 8.31. The maximum absolute atomic E-state index is 12.2. The van der Waals surface area contributed by atoms with Crippen LogP contribution in [0.3, 0.4) is 0 Å². The van der Waals surface area contributed by atoms with E-state index in [0.29, 0.717) is 27.1 Å². The van der Waals surface area contributed by atoms with E-state index in [-0.39, 0.29) is 18.2 Å². The monoisotopic (exact) mass is 384 g/mol. The van der Waals surface area contributed by atoms with Gasteiger partial charge in [-0.25, -0.2) is 0 Å². The topological polar surface area (TPSA) is 62.1 Å². The van der Waals surface area contributed by atoms with Crippen molar-refractivity contribution in [1.82, 2.24) is 5.32 Å². The van der Waals surface area contributed by atoms with E-state index in [0.717, 1.165) is 11.1 Å². The molecule has 0 saturated carbocycles. The Hall–Kier alpha value is -2.42. The number of carbonyl (C=O) groups is 1. The maximum atomic E-state index is 12.2. The number of hydrogen-bond donors (Lipinski definition) is 1. The van der Waals surface area contributed by atoms with Crippen molar-refractivity contribution in [2.45, 2.75) is 18.1 Å². The standard InChI is InChI=1S/C20H17ClN2O2S/c1-25-18-8-7-14(9-17(18)21)15-10-19(24)23-20(16(15)11-22)26-12-13-5-3-2-4-6-13/h2-9,15H,10,12H2,1H3,(H,23,24)/t15-/m0/s1. The van der Waals surface area contributed by atoms with Crippen LogP contribution in [0.25, 0.3) is 0 Å². The lowest BCUT2D eigenvalue weighted by molar-refractivity contribution is -0.120. The summed E-state index contributed by atoms with van der Waals surface area (Å²) in [6.07, 6.45) is 0.223. The molecule has 4 nitrogen and oxygen atoms in total. The average Bonchev–Trinajstić information content (AvgIpc) is 2.66. The second-order valence-corrected chi connectivity index (χ2v) is 7.22. The fraction of sp³-hybridized carbons (Fsp3) is 0.200. The zero-order valence-corrected chi connectivity index (χ0v) is 15.7. The molecule has 0 aromatic heterocycles. The number of amides is 1. The summed E-state index contributed by atoms with van der Waals surface area (Å²) in [5.74, 6) is 0.835. The van der Waals surface area contributed by atoms with Gasteiger partial charge < -0.3 is 10.1 Å². The summed E-state index contributed by atoms with van der Waals surface area (Å²) in [5, 5.41) is 13.6. The lowest BCUT2D eigenvalue weighted by Gasteiger charge is -2.25. The highest BCUT2D eigenvalue weighted by Gasteiger charge is 2.30. The molecule has 2 aromatic rings. The third kappa shape index (κ3) is 4.04. The fourth-order valence-electron chi connectivity index (χ4n) is 2.85. The van der Waals surface area contributed by atoms with Gasteiger partial charge in [0, 0.05) is 18.1 Å². The molecule has 6 heteroatoms. The van der Waals surface area contributed by atoms with Crippen molar-refractivity contribution in [3.8, 4) is 11.8 Å². The molecule has 1 aliphatic rings. The molecule has 1 N–H and O–H groups in total. The Bertz CT molecular complexity index is 890. The number of nitrogens with one attached hydrogen (secondary N) is 1. The highest BCUT2D eigenvalue weighted by atomic mass is 35.5. The van der Waals surface area contributed by atoms with Crippen LogP contribution in [0.2, 0.25) is 5.02 Å². The van der Waals surface area contributed by atoms with Crippen molar-refractivity contribution >= 4 is 29.3 Å². The van der Waals surface area contributed by atoms with Crippen LogP contribution < -0.4 is 10.1 Å². The summed E-state index contributed by atoms with van der Waals surface area (Å²) in [5.41, 5.74) is 2.53. The maximum Gasteiger partial charge on any atom is 0.225 e. The number of allylic oxidation sites excluding steroid dienone is 1. The van der Waals surface area contributed by atoms with E-state index >= 15 is 0 Å². The van der Waals surface area contributed by atoms with Crippen molar-refractivity contribution in [2.24, 2.45) is 0 Å². The van der Waals surface area contributed by atoms with Crippen molar-refractivity contribution in [3.05, 3.63) is 75.3 Å². The molecule has 0 bridgehead atoms. The summed E-state index contributed by atoms with van der Waals surface area (Å²) < 4.78 is 5.18. The molecule has 0 fully saturated rings. The third-order valence-electron chi connectivity index (χ3n) is 4.16. The predicted molar refractivity (Wildman–Crippen MR) is 104 cm³/mol. The number of halogens is 1. The molecule has 1 aliphatic heterocycles. The summed E-state index contributed by atoms with van der Waals surface area (Å²) in [6.45, 7) is 0. The normalized spacial score (nSPS) is 16.8. The highest BCUT2D eigenvalue weighted by molar-refractivity contribution is 8.02. The summed E-state index contributed by atoms with van der Waals surface area (Å²) in [6, 6.07) is 17.6. The van der Waals surface area contributed by atoms with Crippen LogP contribution in [0.15, 0.2) is 59.1 Å². The van der Waals surface area contributed by atoms with E-state index in [1.807, 2.05) is 36.4 Å². The first-order valence-corrected chi connectivity index (χ1v) is 9.43. The van der Waals surface area contributed by atoms with Crippen LogP contribution in [0.5, 0.6) is 5.75 Å². The number of nitriles is 1. The van der Waals surface area contributed by atoms with Gasteiger partial charge in [0.15, 0.2) is 0 Å². The van der Waals surface area contributed by atoms with Crippen molar-refractivity contribution in [1.29, 1.82) is 5.26 Å². The number of ether oxygens (including phenoxy) is 1. The van der Waals surface area contributed by atoms with E-state index in [1.165, 1.54) is 11.8 Å². The van der Waals surface area contributed by atoms with E-state index in [2.05, 4.69) is 11.4 Å². The molecule has 0 saturated heterocycles. The molecule has 1 amide bonds. The quantitative estimate of drug-likeness (QED) is 0.816. The van der Waals surface area contributed by atoms with Gasteiger partial charge in [-0.15, -0.1) is 11.8 Å². The largest absolute Gasteiger partial charge is 0.495 e. The van der Waals surface area contributed by atoms with Crippen LogP contribution in [-0.4, -0.2) is 13.0 Å². The number of rotatable bonds is 5. The Morgan fingerprint density at radius 3 is 2.73 bits per heavy atom. The summed E-state index contributed by atoms with van der Waals surface area (Å²) >= 11 is 7.69. The van der Waals surface area contributed by atoms with Gasteiger partial charge in [-0.3, -0.25) is 4.79 Å². The minimum absolute atomic E-state index is 0.100. The van der Waals surface area contributed by atoms with Crippen LogP contribution in [0, 0.1) is 11.3 Å². The first-order chi connectivity index (χ1) is 12.6. The lowest BCUT2D eigenvalue weighted by atomic mass is 9.87. The molecule has 2 aromatic carbocycles. The van der Waals surface area contributed by atoms with Gasteiger partial charge in [-0.2, -0.15) is 5.26 Å². The van der Waals surface area contributed by atoms with Crippen LogP contribution in [-0.2, 0) is 10.5 Å². The van der Waals surface area contributed by atoms with Crippen molar-refractivity contribution in [2.75, 3.05) is 7.11 Å². The van der Waals surface area contributed by atoms with Crippen molar-refractivity contribution < 1.29 is 9.53 Å². The van der Waals surface area contributed by atoms with E-state index in [4.69, 9.17) is 16.3 Å². The number of nitrogens with zero attached hydrogens (tertiary/aromatic N) is 1. The van der Waals surface area contributed by atoms with Crippen LogP contribution in [0.4, 0.5) is 0 Å². The van der Waals surface area contributed by atoms with Gasteiger partial charge in [0.1, 0.15) is 5.75 Å². The molecule has 3 rings (SSSR count). The van der Waals surface area contributed by atoms with Crippen molar-refractivity contribution in [3.63, 3.8) is 0 Å². The molecule has 0 radical (unpaired) electrons. The smallest absolute Gasteiger partial charge is 0.225 e. The summed E-state index contributed by atoms with van der Waals surface area (Å²) in [7, 11) is 1.55. The SMILES string of the molecule is COc1ccc([C@@H]2CC(=O)NC(SCc3ccccc3)=C2C#N)cc1Cl. The average molecular weight is 385 g/mol. The molecule has 0 aliphatic carbocycles. The Balaban J connectivity index is 1.90. The second-order valence-electron chi connectivity index (χ2n) is 5.83. The number of benzene rings is 2. The molecular formula is C20H17ClN2O2S. The van der Waals surface area contributed by atoms with Gasteiger partial charge in [0.25, 0.3) is 0 Å². The van der Waals surface area contributed by atoms with Crippen LogP contribution in [0.1, 0.15) is 23.5 Å². The third-order valence-corrected chi connectivity index (χ3v) is 5.54. The minimum Gasteiger partial charge on any atom is -0.495 e. The zero-order chi connectivity index (χ0) is 18.5. The molecule has 132 valence electrons. The predicted octanol–water partition coefficient (Wildman–Crippen LogP) is 4.62. The Morgan fingerprint density at radius 2 is 2.08 bits per heavy atom. The van der Waals surface area contributed by atoms with Gasteiger partial charge in [0.05, 0.1) is 28.8 Å². The van der Waals surface area contributed by atoms with Gasteiger partial charge in [0.2, 0.25) is 5.91 Å². The van der Waals surface area contributed by atoms with Crippen LogP contribution >= 0.6 is 23.4 Å². The summed E-state index contributed by atoms with van der Waals surface area (Å²) in [4.78, 5) is 12.2. The van der Waals surface area contributed by atoms with E-state index in [9.17, 15) is 10.1 Å². The number of carbonyl (C=O) groups excluding carboxylic acids is 1. The Morgan fingerprint density at radius 1 is 1.31 bits per heavy atom. The number of methoxy groups -OCH3 is 1. The minimum atomic E-state index is -0.310. The lowest BCUT2D eigenvalue weighted by Crippen LogP contribution is -2.30. The fourth-order valence-corrected chi connectivity index (χ4v) is 4.15. The molecule has 0 spiro atoms.